The van der Waals surface area contributed by atoms with Crippen LogP contribution in [0.1, 0.15) is 44.7 Å². The molecule has 0 aliphatic heterocycles. The monoisotopic (exact) mass is 288 g/mol. The van der Waals surface area contributed by atoms with E-state index in [0.717, 1.165) is 23.6 Å². The van der Waals surface area contributed by atoms with Crippen LogP contribution >= 0.6 is 0 Å². The number of ether oxygens (including phenoxy) is 1. The maximum Gasteiger partial charge on any atom is 0.174 e. The van der Waals surface area contributed by atoms with Gasteiger partial charge in [0.05, 0.1) is 5.69 Å². The first-order valence-corrected chi connectivity index (χ1v) is 7.37. The highest BCUT2D eigenvalue weighted by Crippen LogP contribution is 2.15. The third-order valence-corrected chi connectivity index (χ3v) is 3.12. The van der Waals surface area contributed by atoms with Gasteiger partial charge in [0, 0.05) is 18.2 Å². The lowest BCUT2D eigenvalue weighted by Gasteiger charge is -2.19. The summed E-state index contributed by atoms with van der Waals surface area (Å²) in [5.41, 5.74) is 2.26. The maximum atomic E-state index is 5.70. The molecule has 0 spiro atoms. The van der Waals surface area contributed by atoms with Crippen LogP contribution in [0.2, 0.25) is 0 Å². The molecule has 0 atom stereocenters. The number of hydrogen-bond donors (Lipinski definition) is 1. The molecule has 114 valence electrons. The van der Waals surface area contributed by atoms with Crippen molar-refractivity contribution in [2.45, 2.75) is 52.8 Å². The number of aryl methyl sites for hydroxylation is 1. The Morgan fingerprint density at radius 1 is 1.19 bits per heavy atom. The number of aromatic nitrogens is 1. The highest BCUT2D eigenvalue weighted by Gasteiger charge is 2.11. The number of benzene rings is 1. The first-order valence-electron chi connectivity index (χ1n) is 7.37. The Morgan fingerprint density at radius 2 is 1.90 bits per heavy atom. The van der Waals surface area contributed by atoms with E-state index < -0.39 is 0 Å². The fourth-order valence-electron chi connectivity index (χ4n) is 1.84. The molecule has 4 heteroatoms. The molecule has 0 aliphatic carbocycles. The van der Waals surface area contributed by atoms with Crippen molar-refractivity contribution < 1.29 is 9.26 Å². The van der Waals surface area contributed by atoms with Crippen LogP contribution in [-0.4, -0.2) is 10.7 Å². The van der Waals surface area contributed by atoms with Crippen LogP contribution in [-0.2, 0) is 19.6 Å². The second kappa shape index (κ2) is 6.76. The van der Waals surface area contributed by atoms with E-state index in [4.69, 9.17) is 9.26 Å². The van der Waals surface area contributed by atoms with Crippen LogP contribution in [0, 0.1) is 0 Å². The van der Waals surface area contributed by atoms with Gasteiger partial charge in [0.25, 0.3) is 0 Å². The number of nitrogens with zero attached hydrogens (tertiary/aromatic N) is 1. The van der Waals surface area contributed by atoms with Crippen LogP contribution in [0.15, 0.2) is 34.9 Å². The molecule has 1 N–H and O–H groups in total. The van der Waals surface area contributed by atoms with Crippen molar-refractivity contribution in [1.82, 2.24) is 10.5 Å². The van der Waals surface area contributed by atoms with E-state index >= 15 is 0 Å². The summed E-state index contributed by atoms with van der Waals surface area (Å²) < 4.78 is 11.0. The van der Waals surface area contributed by atoms with Gasteiger partial charge in [-0.1, -0.05) is 24.2 Å². The Kier molecular flexibility index (Phi) is 5.02. The summed E-state index contributed by atoms with van der Waals surface area (Å²) in [7, 11) is 0. The lowest BCUT2D eigenvalue weighted by molar-refractivity contribution is 0.248. The second-order valence-corrected chi connectivity index (χ2v) is 6.17. The molecule has 21 heavy (non-hydrogen) atoms. The summed E-state index contributed by atoms with van der Waals surface area (Å²) >= 11 is 0. The zero-order chi connectivity index (χ0) is 15.3. The molecule has 0 saturated carbocycles. The third-order valence-electron chi connectivity index (χ3n) is 3.12. The molecule has 1 aromatic carbocycles. The van der Waals surface area contributed by atoms with E-state index in [9.17, 15) is 0 Å². The topological polar surface area (TPSA) is 47.3 Å². The fraction of sp³-hybridized carbons (Fsp3) is 0.471. The van der Waals surface area contributed by atoms with Crippen LogP contribution in [0.25, 0.3) is 0 Å². The van der Waals surface area contributed by atoms with Crippen molar-refractivity contribution in [1.29, 1.82) is 0 Å². The highest BCUT2D eigenvalue weighted by molar-refractivity contribution is 5.27. The molecular weight excluding hydrogens is 264 g/mol. The molecule has 4 nitrogen and oxygen atoms in total. The van der Waals surface area contributed by atoms with Crippen LogP contribution in [0.4, 0.5) is 0 Å². The molecule has 0 fully saturated rings. The fourth-order valence-corrected chi connectivity index (χ4v) is 1.84. The van der Waals surface area contributed by atoms with E-state index in [1.54, 1.807) is 0 Å². The summed E-state index contributed by atoms with van der Waals surface area (Å²) in [6, 6.07) is 10.1. The van der Waals surface area contributed by atoms with Gasteiger partial charge in [-0.3, -0.25) is 0 Å². The highest BCUT2D eigenvalue weighted by atomic mass is 16.5. The largest absolute Gasteiger partial charge is 0.486 e. The van der Waals surface area contributed by atoms with Crippen LogP contribution in [0.3, 0.4) is 0 Å². The van der Waals surface area contributed by atoms with Crippen LogP contribution < -0.4 is 10.1 Å². The molecular formula is C17H24N2O2. The van der Waals surface area contributed by atoms with Crippen molar-refractivity contribution in [3.63, 3.8) is 0 Å². The number of hydrogen-bond acceptors (Lipinski definition) is 4. The normalized spacial score (nSPS) is 11.6. The van der Waals surface area contributed by atoms with Gasteiger partial charge in [-0.15, -0.1) is 0 Å². The second-order valence-electron chi connectivity index (χ2n) is 6.17. The zero-order valence-electron chi connectivity index (χ0n) is 13.3. The Bertz CT molecular complexity index is 553. The van der Waals surface area contributed by atoms with Gasteiger partial charge in [-0.2, -0.15) is 0 Å². The Labute approximate surface area is 126 Å². The van der Waals surface area contributed by atoms with Gasteiger partial charge in [-0.05, 0) is 44.9 Å². The molecule has 2 aromatic rings. The average molecular weight is 288 g/mol. The zero-order valence-corrected chi connectivity index (χ0v) is 13.3. The summed E-state index contributed by atoms with van der Waals surface area (Å²) in [5.74, 6) is 1.58. The minimum Gasteiger partial charge on any atom is -0.486 e. The van der Waals surface area contributed by atoms with Gasteiger partial charge >= 0.3 is 0 Å². The lowest BCUT2D eigenvalue weighted by Crippen LogP contribution is -2.35. The predicted molar refractivity (Wildman–Crippen MR) is 83.2 cm³/mol. The van der Waals surface area contributed by atoms with Gasteiger partial charge < -0.3 is 14.6 Å². The molecule has 0 amide bonds. The lowest BCUT2D eigenvalue weighted by atomic mass is 10.1. The first kappa shape index (κ1) is 15.6. The quantitative estimate of drug-likeness (QED) is 0.880. The van der Waals surface area contributed by atoms with E-state index in [-0.39, 0.29) is 5.54 Å². The van der Waals surface area contributed by atoms with Crippen molar-refractivity contribution in [2.24, 2.45) is 0 Å². The number of nitrogens with one attached hydrogen (secondary N) is 1. The van der Waals surface area contributed by atoms with Crippen molar-refractivity contribution in [2.75, 3.05) is 0 Å². The first-order chi connectivity index (χ1) is 9.96. The molecule has 1 heterocycles. The maximum absolute atomic E-state index is 5.70. The van der Waals surface area contributed by atoms with E-state index in [0.29, 0.717) is 13.2 Å². The summed E-state index contributed by atoms with van der Waals surface area (Å²) in [5, 5.41) is 7.42. The Hall–Kier alpha value is -1.81. The van der Waals surface area contributed by atoms with Gasteiger partial charge in [0.15, 0.2) is 5.76 Å². The average Bonchev–Trinajstić information content (AvgIpc) is 2.91. The SMILES string of the molecule is CCc1ccc(OCc2cc(CNC(C)(C)C)no2)cc1. The summed E-state index contributed by atoms with van der Waals surface area (Å²) in [6.45, 7) is 9.59. The smallest absolute Gasteiger partial charge is 0.174 e. The summed E-state index contributed by atoms with van der Waals surface area (Å²) in [4.78, 5) is 0. The van der Waals surface area contributed by atoms with E-state index in [1.807, 2.05) is 18.2 Å². The molecule has 0 unspecified atom stereocenters. The molecule has 0 bridgehead atoms. The van der Waals surface area contributed by atoms with E-state index in [1.165, 1.54) is 5.56 Å². The Balaban J connectivity index is 1.84. The summed E-state index contributed by atoms with van der Waals surface area (Å²) in [6.07, 6.45) is 1.03. The molecule has 1 aromatic heterocycles. The van der Waals surface area contributed by atoms with Crippen molar-refractivity contribution in [3.05, 3.63) is 47.3 Å². The Morgan fingerprint density at radius 3 is 2.52 bits per heavy atom. The van der Waals surface area contributed by atoms with Gasteiger partial charge in [0.2, 0.25) is 0 Å². The molecule has 0 radical (unpaired) electrons. The van der Waals surface area contributed by atoms with Gasteiger partial charge in [0.1, 0.15) is 12.4 Å². The van der Waals surface area contributed by atoms with Crippen LogP contribution in [0.5, 0.6) is 5.75 Å². The van der Waals surface area contributed by atoms with Gasteiger partial charge in [-0.25, -0.2) is 0 Å². The minimum absolute atomic E-state index is 0.0661. The molecule has 0 saturated heterocycles. The molecule has 0 aliphatic rings. The standard InChI is InChI=1S/C17H24N2O2/c1-5-13-6-8-15(9-7-13)20-12-16-10-14(19-21-16)11-18-17(2,3)4/h6-10,18H,5,11-12H2,1-4H3. The van der Waals surface area contributed by atoms with Crippen molar-refractivity contribution in [3.8, 4) is 5.75 Å². The molecule has 2 rings (SSSR count). The number of rotatable bonds is 6. The predicted octanol–water partition coefficient (Wildman–Crippen LogP) is 3.70. The van der Waals surface area contributed by atoms with E-state index in [2.05, 4.69) is 50.3 Å². The third kappa shape index (κ3) is 5.23. The van der Waals surface area contributed by atoms with Crippen molar-refractivity contribution >= 4 is 0 Å². The minimum atomic E-state index is 0.0661.